The molecule has 1 unspecified atom stereocenters. The van der Waals surface area contributed by atoms with Crippen LogP contribution in [0.15, 0.2) is 42.5 Å². The van der Waals surface area contributed by atoms with Gasteiger partial charge in [-0.05, 0) is 37.1 Å². The number of carbonyl (C=O) groups is 1. The molecule has 0 fully saturated rings. The molecular weight excluding hydrogens is 236 g/mol. The maximum Gasteiger partial charge on any atom is 0.170 e. The highest BCUT2D eigenvalue weighted by molar-refractivity contribution is 6.00. The minimum absolute atomic E-state index is 0.159. The Morgan fingerprint density at radius 1 is 1.00 bits per heavy atom. The van der Waals surface area contributed by atoms with Gasteiger partial charge in [0.2, 0.25) is 0 Å². The van der Waals surface area contributed by atoms with Crippen LogP contribution in [0, 0.1) is 13.8 Å². The maximum atomic E-state index is 12.2. The third kappa shape index (κ3) is 2.26. The Labute approximate surface area is 113 Å². The molecule has 2 aromatic rings. The molecule has 1 heterocycles. The highest BCUT2D eigenvalue weighted by atomic mass is 16.5. The van der Waals surface area contributed by atoms with E-state index in [2.05, 4.69) is 19.1 Å². The Morgan fingerprint density at radius 3 is 2.42 bits per heavy atom. The molecule has 2 nitrogen and oxygen atoms in total. The smallest absolute Gasteiger partial charge is 0.170 e. The zero-order chi connectivity index (χ0) is 13.4. The number of hydrogen-bond donors (Lipinski definition) is 0. The summed E-state index contributed by atoms with van der Waals surface area (Å²) in [5.41, 5.74) is 4.08. The number of fused-ring (bicyclic) bond motifs is 1. The van der Waals surface area contributed by atoms with Crippen LogP contribution in [-0.2, 0) is 0 Å². The van der Waals surface area contributed by atoms with Gasteiger partial charge < -0.3 is 4.74 Å². The van der Waals surface area contributed by atoms with Gasteiger partial charge in [-0.25, -0.2) is 0 Å². The van der Waals surface area contributed by atoms with Gasteiger partial charge in [0.25, 0.3) is 0 Å². The minimum Gasteiger partial charge on any atom is -0.484 e. The molecule has 96 valence electrons. The van der Waals surface area contributed by atoms with E-state index in [1.807, 2.05) is 37.3 Å². The molecule has 3 rings (SSSR count). The second-order valence-corrected chi connectivity index (χ2v) is 5.14. The highest BCUT2D eigenvalue weighted by Crippen LogP contribution is 2.35. The van der Waals surface area contributed by atoms with Crippen LogP contribution in [0.5, 0.6) is 5.75 Å². The van der Waals surface area contributed by atoms with E-state index < -0.39 is 0 Å². The lowest BCUT2D eigenvalue weighted by atomic mass is 9.95. The van der Waals surface area contributed by atoms with Crippen LogP contribution < -0.4 is 4.74 Å². The number of Topliss-reactive ketones (excluding diaryl/α,β-unsaturated/α-hetero) is 1. The lowest BCUT2D eigenvalue weighted by Crippen LogP contribution is -2.20. The van der Waals surface area contributed by atoms with E-state index in [0.29, 0.717) is 17.7 Å². The molecule has 2 heteroatoms. The first kappa shape index (κ1) is 12.0. The average molecular weight is 252 g/mol. The van der Waals surface area contributed by atoms with E-state index >= 15 is 0 Å². The predicted molar refractivity (Wildman–Crippen MR) is 74.7 cm³/mol. The topological polar surface area (TPSA) is 26.3 Å². The zero-order valence-corrected chi connectivity index (χ0v) is 11.1. The molecule has 0 N–H and O–H groups in total. The van der Waals surface area contributed by atoms with Crippen LogP contribution in [-0.4, -0.2) is 5.78 Å². The van der Waals surface area contributed by atoms with Crippen LogP contribution in [0.4, 0.5) is 0 Å². The molecule has 1 aliphatic heterocycles. The molecular formula is C17H16O2. The minimum atomic E-state index is -0.164. The summed E-state index contributed by atoms with van der Waals surface area (Å²) < 4.78 is 5.99. The first-order valence-electron chi connectivity index (χ1n) is 6.50. The van der Waals surface area contributed by atoms with Crippen LogP contribution in [0.1, 0.15) is 39.6 Å². The molecule has 19 heavy (non-hydrogen) atoms. The van der Waals surface area contributed by atoms with Crippen molar-refractivity contribution in [3.8, 4) is 5.75 Å². The van der Waals surface area contributed by atoms with Crippen molar-refractivity contribution < 1.29 is 9.53 Å². The molecule has 0 bridgehead atoms. The standard InChI is InChI=1S/C17H16O2/c1-11-3-6-13(7-4-11)16-10-15(18)14-8-5-12(2)9-17(14)19-16/h3-9,16H,10H2,1-2H3. The normalized spacial score (nSPS) is 17.8. The van der Waals surface area contributed by atoms with Crippen molar-refractivity contribution in [2.75, 3.05) is 0 Å². The summed E-state index contributed by atoms with van der Waals surface area (Å²) in [5.74, 6) is 0.869. The predicted octanol–water partition coefficient (Wildman–Crippen LogP) is 4.01. The number of ether oxygens (including phenoxy) is 1. The summed E-state index contributed by atoms with van der Waals surface area (Å²) in [6.07, 6.45) is 0.251. The van der Waals surface area contributed by atoms with Crippen LogP contribution in [0.25, 0.3) is 0 Å². The van der Waals surface area contributed by atoms with Gasteiger partial charge in [0.1, 0.15) is 11.9 Å². The Hall–Kier alpha value is -2.09. The van der Waals surface area contributed by atoms with Gasteiger partial charge >= 0.3 is 0 Å². The molecule has 0 amide bonds. The van der Waals surface area contributed by atoms with E-state index in [-0.39, 0.29) is 11.9 Å². The van der Waals surface area contributed by atoms with Crippen molar-refractivity contribution in [3.05, 3.63) is 64.7 Å². The highest BCUT2D eigenvalue weighted by Gasteiger charge is 2.27. The molecule has 0 aliphatic carbocycles. The van der Waals surface area contributed by atoms with E-state index in [0.717, 1.165) is 11.1 Å². The first-order chi connectivity index (χ1) is 9.13. The van der Waals surface area contributed by atoms with Crippen LogP contribution in [0.3, 0.4) is 0 Å². The monoisotopic (exact) mass is 252 g/mol. The Morgan fingerprint density at radius 2 is 1.68 bits per heavy atom. The van der Waals surface area contributed by atoms with Gasteiger partial charge in [-0.15, -0.1) is 0 Å². The fraction of sp³-hybridized carbons (Fsp3) is 0.235. The molecule has 0 saturated carbocycles. The first-order valence-corrected chi connectivity index (χ1v) is 6.50. The second-order valence-electron chi connectivity index (χ2n) is 5.14. The van der Waals surface area contributed by atoms with Crippen molar-refractivity contribution in [1.82, 2.24) is 0 Å². The Kier molecular flexibility index (Phi) is 2.86. The molecule has 0 radical (unpaired) electrons. The number of rotatable bonds is 1. The molecule has 0 saturated heterocycles. The third-order valence-electron chi connectivity index (χ3n) is 3.53. The van der Waals surface area contributed by atoms with Gasteiger partial charge in [-0.2, -0.15) is 0 Å². The van der Waals surface area contributed by atoms with Crippen molar-refractivity contribution in [3.63, 3.8) is 0 Å². The summed E-state index contributed by atoms with van der Waals surface area (Å²) in [6.45, 7) is 4.05. The van der Waals surface area contributed by atoms with Gasteiger partial charge in [0.15, 0.2) is 5.78 Å². The molecule has 2 aromatic carbocycles. The molecule has 1 atom stereocenters. The Balaban J connectivity index is 1.96. The van der Waals surface area contributed by atoms with Gasteiger partial charge in [0, 0.05) is 0 Å². The summed E-state index contributed by atoms with van der Waals surface area (Å²) >= 11 is 0. The van der Waals surface area contributed by atoms with Crippen molar-refractivity contribution in [2.24, 2.45) is 0 Å². The van der Waals surface area contributed by atoms with Crippen molar-refractivity contribution in [1.29, 1.82) is 0 Å². The lowest BCUT2D eigenvalue weighted by Gasteiger charge is -2.25. The quantitative estimate of drug-likeness (QED) is 0.766. The van der Waals surface area contributed by atoms with E-state index in [1.54, 1.807) is 0 Å². The average Bonchev–Trinajstić information content (AvgIpc) is 2.38. The van der Waals surface area contributed by atoms with E-state index in [4.69, 9.17) is 4.74 Å². The SMILES string of the molecule is Cc1ccc(C2CC(=O)c3ccc(C)cc3O2)cc1. The molecule has 1 aliphatic rings. The second kappa shape index (κ2) is 4.54. The zero-order valence-electron chi connectivity index (χ0n) is 11.1. The molecule has 0 aromatic heterocycles. The van der Waals surface area contributed by atoms with Crippen molar-refractivity contribution in [2.45, 2.75) is 26.4 Å². The van der Waals surface area contributed by atoms with E-state index in [1.165, 1.54) is 5.56 Å². The third-order valence-corrected chi connectivity index (χ3v) is 3.53. The fourth-order valence-corrected chi connectivity index (χ4v) is 2.40. The number of carbonyl (C=O) groups excluding carboxylic acids is 1. The van der Waals surface area contributed by atoms with Crippen LogP contribution >= 0.6 is 0 Å². The Bertz CT molecular complexity index is 626. The summed E-state index contributed by atoms with van der Waals surface area (Å²) in [7, 11) is 0. The number of aryl methyl sites for hydroxylation is 2. The summed E-state index contributed by atoms with van der Waals surface area (Å²) in [5, 5.41) is 0. The largest absolute Gasteiger partial charge is 0.484 e. The van der Waals surface area contributed by atoms with Crippen molar-refractivity contribution >= 4 is 5.78 Å². The summed E-state index contributed by atoms with van der Waals surface area (Å²) in [6, 6.07) is 13.9. The van der Waals surface area contributed by atoms with Gasteiger partial charge in [0.05, 0.1) is 12.0 Å². The van der Waals surface area contributed by atoms with Crippen LogP contribution in [0.2, 0.25) is 0 Å². The fourth-order valence-electron chi connectivity index (χ4n) is 2.40. The molecule has 0 spiro atoms. The van der Waals surface area contributed by atoms with E-state index in [9.17, 15) is 4.79 Å². The lowest BCUT2D eigenvalue weighted by molar-refractivity contribution is 0.0850. The number of hydrogen-bond acceptors (Lipinski definition) is 2. The number of benzene rings is 2. The number of ketones is 1. The van der Waals surface area contributed by atoms with Gasteiger partial charge in [-0.3, -0.25) is 4.79 Å². The maximum absolute atomic E-state index is 12.2. The van der Waals surface area contributed by atoms with Gasteiger partial charge in [-0.1, -0.05) is 35.9 Å². The summed E-state index contributed by atoms with van der Waals surface area (Å²) in [4.78, 5) is 12.2.